The second-order valence-electron chi connectivity index (χ2n) is 11.5. The van der Waals surface area contributed by atoms with Crippen LogP contribution in [-0.2, 0) is 43.2 Å². The lowest BCUT2D eigenvalue weighted by molar-refractivity contribution is -0.147. The van der Waals surface area contributed by atoms with Gasteiger partial charge in [-0.1, -0.05) is 0 Å². The lowest BCUT2D eigenvalue weighted by Gasteiger charge is -2.23. The van der Waals surface area contributed by atoms with Gasteiger partial charge in [0.05, 0.1) is 19.0 Å². The molecule has 284 valence electrons. The summed E-state index contributed by atoms with van der Waals surface area (Å²) in [5.41, 5.74) is 16.7. The molecular weight excluding hydrogens is 666 g/mol. The van der Waals surface area contributed by atoms with Crippen LogP contribution in [0, 0.1) is 0 Å². The van der Waals surface area contributed by atoms with Crippen LogP contribution < -0.4 is 49.1 Å². The molecule has 0 aliphatic carbocycles. The van der Waals surface area contributed by atoms with Gasteiger partial charge in [0.15, 0.2) is 0 Å². The highest BCUT2D eigenvalue weighted by Crippen LogP contribution is 2.05. The van der Waals surface area contributed by atoms with E-state index in [4.69, 9.17) is 32.5 Å². The molecular formula is C29H51N9O12. The second-order valence-corrected chi connectivity index (χ2v) is 11.5. The van der Waals surface area contributed by atoms with Crippen molar-refractivity contribution >= 4 is 53.4 Å². The highest BCUT2D eigenvalue weighted by molar-refractivity contribution is 5.96. The number of amides is 6. The van der Waals surface area contributed by atoms with Gasteiger partial charge in [-0.25, -0.2) is 4.79 Å². The van der Waals surface area contributed by atoms with Crippen LogP contribution in [-0.4, -0.2) is 125 Å². The molecule has 0 radical (unpaired) electrons. The van der Waals surface area contributed by atoms with Crippen molar-refractivity contribution in [1.82, 2.24) is 31.9 Å². The number of nitrogens with two attached hydrogens (primary N) is 3. The number of carbonyl (C=O) groups is 9. The summed E-state index contributed by atoms with van der Waals surface area (Å²) >= 11 is 0. The van der Waals surface area contributed by atoms with Crippen LogP contribution in [0.1, 0.15) is 71.6 Å². The highest BCUT2D eigenvalue weighted by atomic mass is 16.4. The van der Waals surface area contributed by atoms with Crippen molar-refractivity contribution in [2.45, 2.75) is 108 Å². The van der Waals surface area contributed by atoms with E-state index in [1.165, 1.54) is 13.8 Å². The number of carboxylic acid groups (broad SMARTS) is 3. The van der Waals surface area contributed by atoms with Crippen molar-refractivity contribution < 1.29 is 58.5 Å². The van der Waals surface area contributed by atoms with Crippen LogP contribution in [0.25, 0.3) is 0 Å². The molecule has 0 unspecified atom stereocenters. The Morgan fingerprint density at radius 2 is 1.04 bits per heavy atom. The van der Waals surface area contributed by atoms with Gasteiger partial charge in [0.2, 0.25) is 35.4 Å². The molecule has 0 aliphatic heterocycles. The molecule has 0 saturated heterocycles. The summed E-state index contributed by atoms with van der Waals surface area (Å²) in [7, 11) is 0. The molecule has 15 N–H and O–H groups in total. The average molecular weight is 718 g/mol. The van der Waals surface area contributed by atoms with Crippen LogP contribution in [0.15, 0.2) is 0 Å². The van der Waals surface area contributed by atoms with Crippen molar-refractivity contribution in [1.29, 1.82) is 0 Å². The molecule has 50 heavy (non-hydrogen) atoms. The van der Waals surface area contributed by atoms with E-state index >= 15 is 0 Å². The predicted molar refractivity (Wildman–Crippen MR) is 175 cm³/mol. The van der Waals surface area contributed by atoms with Crippen LogP contribution in [0.3, 0.4) is 0 Å². The number of carboxylic acids is 3. The quantitative estimate of drug-likeness (QED) is 0.0376. The number of aliphatic carboxylic acids is 3. The Balaban J connectivity index is 5.42. The molecule has 6 amide bonds. The normalized spacial score (nSPS) is 14.3. The fourth-order valence-electron chi connectivity index (χ4n) is 4.20. The minimum Gasteiger partial charge on any atom is -0.481 e. The first kappa shape index (κ1) is 45.1. The number of nitrogens with one attached hydrogen (secondary N) is 6. The summed E-state index contributed by atoms with van der Waals surface area (Å²) in [5, 5.41) is 40.8. The first-order valence-electron chi connectivity index (χ1n) is 16.0. The number of hydrogen-bond donors (Lipinski definition) is 12. The highest BCUT2D eigenvalue weighted by Gasteiger charge is 2.29. The van der Waals surface area contributed by atoms with E-state index in [2.05, 4.69) is 26.6 Å². The molecule has 0 fully saturated rings. The lowest BCUT2D eigenvalue weighted by Crippen LogP contribution is -2.57. The average Bonchev–Trinajstić information content (AvgIpc) is 3.04. The molecule has 0 aromatic rings. The standard InChI is InChI=1S/C29H51N9O12/c1-15(34-26(46)17(32)9-10-22(40)41)24(44)37-18(7-3-5-11-30)27(47)33-14-21(39)36-19(8-4-6-12-31)28(48)35-16(2)25(45)38-20(29(49)50)13-23(42)43/h15-20H,3-14,30-32H2,1-2H3,(H,33,47)(H,34,46)(H,35,48)(H,36,39)(H,37,44)(H,38,45)(H,40,41)(H,42,43)(H,49,50)/t15-,16-,17-,18-,19-,20-/m0/s1. The Labute approximate surface area is 288 Å². The molecule has 21 nitrogen and oxygen atoms in total. The van der Waals surface area contributed by atoms with E-state index in [0.717, 1.165) is 0 Å². The molecule has 0 rings (SSSR count). The third-order valence-corrected chi connectivity index (χ3v) is 7.11. The van der Waals surface area contributed by atoms with Gasteiger partial charge in [-0.2, -0.15) is 0 Å². The number of hydrogen-bond acceptors (Lipinski definition) is 12. The van der Waals surface area contributed by atoms with Gasteiger partial charge in [-0.3, -0.25) is 38.4 Å². The van der Waals surface area contributed by atoms with Crippen LogP contribution >= 0.6 is 0 Å². The Kier molecular flexibility index (Phi) is 21.9. The topological polar surface area (TPSA) is 365 Å². The number of rotatable bonds is 26. The van der Waals surface area contributed by atoms with Crippen LogP contribution in [0.2, 0.25) is 0 Å². The second kappa shape index (κ2) is 24.3. The van der Waals surface area contributed by atoms with E-state index < -0.39 is 103 Å². The minimum atomic E-state index is -1.75. The molecule has 0 bridgehead atoms. The predicted octanol–water partition coefficient (Wildman–Crippen LogP) is -4.42. The smallest absolute Gasteiger partial charge is 0.326 e. The summed E-state index contributed by atoms with van der Waals surface area (Å²) in [6, 6.07) is -7.77. The third kappa shape index (κ3) is 19.2. The Morgan fingerprint density at radius 3 is 1.50 bits per heavy atom. The summed E-state index contributed by atoms with van der Waals surface area (Å²) in [5.74, 6) is -9.10. The monoisotopic (exact) mass is 717 g/mol. The van der Waals surface area contributed by atoms with Gasteiger partial charge in [-0.05, 0) is 71.9 Å². The molecule has 0 heterocycles. The molecule has 21 heteroatoms. The SMILES string of the molecule is C[C@H](NC(=O)[C@H](CCCCN)NC(=O)CNC(=O)[C@H](CCCCN)NC(=O)[C@H](C)NC(=O)[C@@H](N)CCC(=O)O)C(=O)N[C@@H](CC(=O)O)C(=O)O. The molecule has 0 aromatic heterocycles. The zero-order chi connectivity index (χ0) is 38.4. The maximum Gasteiger partial charge on any atom is 0.326 e. The Morgan fingerprint density at radius 1 is 0.560 bits per heavy atom. The van der Waals surface area contributed by atoms with Gasteiger partial charge in [-0.15, -0.1) is 0 Å². The van der Waals surface area contributed by atoms with E-state index in [0.29, 0.717) is 32.2 Å². The van der Waals surface area contributed by atoms with Crippen molar-refractivity contribution in [3.05, 3.63) is 0 Å². The molecule has 0 saturated carbocycles. The fraction of sp³-hybridized carbons (Fsp3) is 0.690. The van der Waals surface area contributed by atoms with Crippen molar-refractivity contribution in [3.63, 3.8) is 0 Å². The van der Waals surface area contributed by atoms with Crippen molar-refractivity contribution in [2.75, 3.05) is 19.6 Å². The van der Waals surface area contributed by atoms with Gasteiger partial charge >= 0.3 is 17.9 Å². The van der Waals surface area contributed by atoms with Gasteiger partial charge in [0.1, 0.15) is 30.2 Å². The molecule has 6 atom stereocenters. The Hall–Kier alpha value is -4.89. The number of carbonyl (C=O) groups excluding carboxylic acids is 6. The zero-order valence-corrected chi connectivity index (χ0v) is 28.2. The summed E-state index contributed by atoms with van der Waals surface area (Å²) in [4.78, 5) is 109. The summed E-state index contributed by atoms with van der Waals surface area (Å²) in [6.07, 6.45) is 0.583. The van der Waals surface area contributed by atoms with Gasteiger partial charge < -0.3 is 64.4 Å². The first-order valence-corrected chi connectivity index (χ1v) is 16.0. The first-order chi connectivity index (χ1) is 23.4. The maximum absolute atomic E-state index is 13.0. The molecule has 0 aliphatic rings. The Bertz CT molecular complexity index is 1200. The van der Waals surface area contributed by atoms with Crippen LogP contribution in [0.5, 0.6) is 0 Å². The van der Waals surface area contributed by atoms with Gasteiger partial charge in [0.25, 0.3) is 0 Å². The van der Waals surface area contributed by atoms with Crippen LogP contribution in [0.4, 0.5) is 0 Å². The van der Waals surface area contributed by atoms with E-state index in [1.54, 1.807) is 0 Å². The fourth-order valence-corrected chi connectivity index (χ4v) is 4.20. The van der Waals surface area contributed by atoms with Crippen molar-refractivity contribution in [3.8, 4) is 0 Å². The largest absolute Gasteiger partial charge is 0.481 e. The third-order valence-electron chi connectivity index (χ3n) is 7.11. The lowest BCUT2D eigenvalue weighted by atomic mass is 10.1. The maximum atomic E-state index is 13.0. The van der Waals surface area contributed by atoms with Crippen molar-refractivity contribution in [2.24, 2.45) is 17.2 Å². The molecule has 0 aromatic carbocycles. The van der Waals surface area contributed by atoms with E-state index in [9.17, 15) is 43.2 Å². The number of unbranched alkanes of at least 4 members (excludes halogenated alkanes) is 2. The zero-order valence-electron chi connectivity index (χ0n) is 28.2. The van der Waals surface area contributed by atoms with E-state index in [-0.39, 0.29) is 32.2 Å². The minimum absolute atomic E-state index is 0.0785. The molecule has 0 spiro atoms. The summed E-state index contributed by atoms with van der Waals surface area (Å²) < 4.78 is 0. The summed E-state index contributed by atoms with van der Waals surface area (Å²) in [6.45, 7) is 2.53. The van der Waals surface area contributed by atoms with Gasteiger partial charge in [0, 0.05) is 6.42 Å². The van der Waals surface area contributed by atoms with E-state index in [1.807, 2.05) is 5.32 Å².